The van der Waals surface area contributed by atoms with Crippen molar-refractivity contribution in [1.82, 2.24) is 0 Å². The first kappa shape index (κ1) is 8.12. The minimum Gasteiger partial charge on any atom is -0.494 e. The van der Waals surface area contributed by atoms with Gasteiger partial charge in [0.25, 0.3) is 0 Å². The van der Waals surface area contributed by atoms with E-state index in [2.05, 4.69) is 19.9 Å². The van der Waals surface area contributed by atoms with Gasteiger partial charge in [-0.1, -0.05) is 12.1 Å². The molecule has 0 N–H and O–H groups in total. The molecule has 1 heteroatoms. The highest BCUT2D eigenvalue weighted by atomic mass is 16.5. The third kappa shape index (κ3) is 1.73. The Balaban J connectivity index is 2.96. The average Bonchev–Trinajstić information content (AvgIpc) is 1.99. The fourth-order valence-electron chi connectivity index (χ4n) is 1.04. The maximum atomic E-state index is 5.42. The van der Waals surface area contributed by atoms with Crippen molar-refractivity contribution >= 4 is 0 Å². The molecule has 0 atom stereocenters. The smallest absolute Gasteiger partial charge is 0.122 e. The molecule has 1 nitrogen and oxygen atoms in total. The summed E-state index contributed by atoms with van der Waals surface area (Å²) in [5.74, 6) is 1.01. The molecule has 0 aliphatic carbocycles. The third-order valence-electron chi connectivity index (χ3n) is 1.85. The van der Waals surface area contributed by atoms with E-state index < -0.39 is 0 Å². The number of ether oxygens (including phenoxy) is 1. The number of hydrogen-bond acceptors (Lipinski definition) is 1. The highest BCUT2D eigenvalue weighted by Crippen LogP contribution is 2.19. The Labute approximate surface area is 68.0 Å². The normalized spacial score (nSPS) is 9.73. The van der Waals surface area contributed by atoms with Crippen molar-refractivity contribution in [2.45, 2.75) is 20.8 Å². The summed E-state index contributed by atoms with van der Waals surface area (Å²) in [6.07, 6.45) is 0. The Bertz CT molecular complexity index is 241. The molecule has 0 fully saturated rings. The Hall–Kier alpha value is -0.980. The lowest BCUT2D eigenvalue weighted by Gasteiger charge is -2.07. The minimum atomic E-state index is 0.740. The second-order valence-electron chi connectivity index (χ2n) is 2.63. The summed E-state index contributed by atoms with van der Waals surface area (Å²) in [5.41, 5.74) is 2.53. The Morgan fingerprint density at radius 1 is 1.27 bits per heavy atom. The molecular weight excluding hydrogens is 136 g/mol. The first-order valence-corrected chi connectivity index (χ1v) is 3.94. The van der Waals surface area contributed by atoms with Gasteiger partial charge in [0.1, 0.15) is 5.75 Å². The number of benzene rings is 1. The van der Waals surface area contributed by atoms with Crippen LogP contribution in [-0.2, 0) is 0 Å². The standard InChI is InChI=1S/C10H14O/c1-4-11-10-7-5-6-8(2)9(10)3/h5-7H,4H2,1-3H3. The van der Waals surface area contributed by atoms with E-state index >= 15 is 0 Å². The predicted octanol–water partition coefficient (Wildman–Crippen LogP) is 2.70. The van der Waals surface area contributed by atoms with E-state index in [1.807, 2.05) is 19.1 Å². The summed E-state index contributed by atoms with van der Waals surface area (Å²) in [7, 11) is 0. The quantitative estimate of drug-likeness (QED) is 0.629. The largest absolute Gasteiger partial charge is 0.494 e. The molecule has 0 bridgehead atoms. The Kier molecular flexibility index (Phi) is 2.53. The highest BCUT2D eigenvalue weighted by Gasteiger charge is 1.98. The zero-order valence-electron chi connectivity index (χ0n) is 7.35. The summed E-state index contributed by atoms with van der Waals surface area (Å²) in [6.45, 7) is 6.92. The maximum absolute atomic E-state index is 5.42. The molecule has 0 saturated carbocycles. The average molecular weight is 150 g/mol. The lowest BCUT2D eigenvalue weighted by molar-refractivity contribution is 0.337. The molecule has 0 spiro atoms. The van der Waals surface area contributed by atoms with Gasteiger partial charge in [0.15, 0.2) is 0 Å². The zero-order valence-corrected chi connectivity index (χ0v) is 7.35. The van der Waals surface area contributed by atoms with Gasteiger partial charge in [-0.3, -0.25) is 0 Å². The van der Waals surface area contributed by atoms with E-state index in [9.17, 15) is 0 Å². The zero-order chi connectivity index (χ0) is 8.27. The van der Waals surface area contributed by atoms with E-state index in [-0.39, 0.29) is 0 Å². The highest BCUT2D eigenvalue weighted by molar-refractivity contribution is 5.38. The van der Waals surface area contributed by atoms with Gasteiger partial charge in [0, 0.05) is 0 Å². The van der Waals surface area contributed by atoms with Gasteiger partial charge < -0.3 is 4.74 Å². The molecule has 0 aliphatic rings. The van der Waals surface area contributed by atoms with Crippen molar-refractivity contribution in [2.24, 2.45) is 0 Å². The maximum Gasteiger partial charge on any atom is 0.122 e. The molecular formula is C10H14O. The van der Waals surface area contributed by atoms with Crippen molar-refractivity contribution in [1.29, 1.82) is 0 Å². The molecule has 0 heterocycles. The fraction of sp³-hybridized carbons (Fsp3) is 0.400. The van der Waals surface area contributed by atoms with Crippen LogP contribution in [0.3, 0.4) is 0 Å². The number of aryl methyl sites for hydroxylation is 1. The van der Waals surface area contributed by atoms with Crippen molar-refractivity contribution in [3.63, 3.8) is 0 Å². The van der Waals surface area contributed by atoms with Crippen LogP contribution in [0.15, 0.2) is 18.2 Å². The summed E-state index contributed by atoms with van der Waals surface area (Å²) in [6, 6.07) is 6.12. The SMILES string of the molecule is CCOc1cccc(C)c1C. The van der Waals surface area contributed by atoms with Crippen molar-refractivity contribution in [2.75, 3.05) is 6.61 Å². The molecule has 0 aliphatic heterocycles. The van der Waals surface area contributed by atoms with Crippen LogP contribution in [-0.4, -0.2) is 6.61 Å². The number of rotatable bonds is 2. The van der Waals surface area contributed by atoms with Gasteiger partial charge in [0.05, 0.1) is 6.61 Å². The van der Waals surface area contributed by atoms with Gasteiger partial charge in [0.2, 0.25) is 0 Å². The summed E-state index contributed by atoms with van der Waals surface area (Å²) >= 11 is 0. The molecule has 1 aromatic rings. The monoisotopic (exact) mass is 150 g/mol. The molecule has 60 valence electrons. The third-order valence-corrected chi connectivity index (χ3v) is 1.85. The van der Waals surface area contributed by atoms with Gasteiger partial charge in [-0.05, 0) is 38.0 Å². The molecule has 1 aromatic carbocycles. The molecule has 0 saturated heterocycles. The fourth-order valence-corrected chi connectivity index (χ4v) is 1.04. The number of hydrogen-bond donors (Lipinski definition) is 0. The summed E-state index contributed by atoms with van der Waals surface area (Å²) < 4.78 is 5.42. The molecule has 11 heavy (non-hydrogen) atoms. The first-order chi connectivity index (χ1) is 5.25. The first-order valence-electron chi connectivity index (χ1n) is 3.94. The van der Waals surface area contributed by atoms with Gasteiger partial charge in [-0.2, -0.15) is 0 Å². The van der Waals surface area contributed by atoms with Gasteiger partial charge in [-0.15, -0.1) is 0 Å². The Morgan fingerprint density at radius 3 is 2.64 bits per heavy atom. The van der Waals surface area contributed by atoms with E-state index in [4.69, 9.17) is 4.74 Å². The van der Waals surface area contributed by atoms with Crippen molar-refractivity contribution < 1.29 is 4.74 Å². The van der Waals surface area contributed by atoms with E-state index in [1.54, 1.807) is 0 Å². The van der Waals surface area contributed by atoms with Crippen LogP contribution in [0, 0.1) is 13.8 Å². The molecule has 1 rings (SSSR count). The van der Waals surface area contributed by atoms with Crippen LogP contribution in [0.1, 0.15) is 18.1 Å². The van der Waals surface area contributed by atoms with Crippen molar-refractivity contribution in [3.8, 4) is 5.75 Å². The molecule has 0 radical (unpaired) electrons. The van der Waals surface area contributed by atoms with E-state index in [0.29, 0.717) is 0 Å². The summed E-state index contributed by atoms with van der Waals surface area (Å²) in [5, 5.41) is 0. The lowest BCUT2D eigenvalue weighted by Crippen LogP contribution is -1.94. The van der Waals surface area contributed by atoms with Crippen LogP contribution in [0.2, 0.25) is 0 Å². The molecule has 0 unspecified atom stereocenters. The van der Waals surface area contributed by atoms with Crippen LogP contribution >= 0.6 is 0 Å². The van der Waals surface area contributed by atoms with Crippen LogP contribution in [0.25, 0.3) is 0 Å². The van der Waals surface area contributed by atoms with Crippen molar-refractivity contribution in [3.05, 3.63) is 29.3 Å². The minimum absolute atomic E-state index is 0.740. The van der Waals surface area contributed by atoms with E-state index in [1.165, 1.54) is 11.1 Å². The van der Waals surface area contributed by atoms with Crippen LogP contribution in [0.5, 0.6) is 5.75 Å². The summed E-state index contributed by atoms with van der Waals surface area (Å²) in [4.78, 5) is 0. The van der Waals surface area contributed by atoms with E-state index in [0.717, 1.165) is 12.4 Å². The topological polar surface area (TPSA) is 9.23 Å². The van der Waals surface area contributed by atoms with Gasteiger partial charge in [-0.25, -0.2) is 0 Å². The van der Waals surface area contributed by atoms with Crippen LogP contribution < -0.4 is 4.74 Å². The second-order valence-corrected chi connectivity index (χ2v) is 2.63. The second kappa shape index (κ2) is 3.42. The lowest BCUT2D eigenvalue weighted by atomic mass is 10.1. The molecule has 0 amide bonds. The van der Waals surface area contributed by atoms with Crippen LogP contribution in [0.4, 0.5) is 0 Å². The predicted molar refractivity (Wildman–Crippen MR) is 47.1 cm³/mol. The molecule has 0 aromatic heterocycles. The Morgan fingerprint density at radius 2 is 2.00 bits per heavy atom. The van der Waals surface area contributed by atoms with Gasteiger partial charge >= 0.3 is 0 Å².